The van der Waals surface area contributed by atoms with Crippen molar-refractivity contribution in [3.8, 4) is 0 Å². The number of nitrogens with one attached hydrogen (secondary N) is 2. The first kappa shape index (κ1) is 10.3. The monoisotopic (exact) mass is 182 g/mol. The minimum atomic E-state index is -0.0643. The summed E-state index contributed by atoms with van der Waals surface area (Å²) in [6, 6.07) is 0.254. The van der Waals surface area contributed by atoms with E-state index in [4.69, 9.17) is 0 Å². The zero-order chi connectivity index (χ0) is 9.68. The Morgan fingerprint density at radius 2 is 2.46 bits per heavy atom. The Morgan fingerprint density at radius 3 is 3.00 bits per heavy atom. The molecule has 0 radical (unpaired) electrons. The van der Waals surface area contributed by atoms with E-state index >= 15 is 0 Å². The molecule has 0 aromatic carbocycles. The van der Waals surface area contributed by atoms with E-state index in [0.717, 1.165) is 19.4 Å². The highest BCUT2D eigenvalue weighted by Crippen LogP contribution is 2.04. The fraction of sp³-hybridized carbons (Fsp3) is 0.700. The highest BCUT2D eigenvalue weighted by atomic mass is 16.2. The second-order valence-electron chi connectivity index (χ2n) is 3.48. The summed E-state index contributed by atoms with van der Waals surface area (Å²) >= 11 is 0. The van der Waals surface area contributed by atoms with E-state index in [1.54, 1.807) is 6.08 Å². The molecule has 0 aliphatic carbocycles. The van der Waals surface area contributed by atoms with E-state index in [-0.39, 0.29) is 11.9 Å². The van der Waals surface area contributed by atoms with Gasteiger partial charge in [0, 0.05) is 12.6 Å². The molecule has 0 saturated carbocycles. The molecule has 0 aromatic rings. The third-order valence-corrected chi connectivity index (χ3v) is 2.31. The number of rotatable bonds is 4. The van der Waals surface area contributed by atoms with Crippen LogP contribution in [0, 0.1) is 0 Å². The number of hydrogen-bond donors (Lipinski definition) is 2. The van der Waals surface area contributed by atoms with Gasteiger partial charge in [0.05, 0.1) is 6.04 Å². The van der Waals surface area contributed by atoms with Crippen LogP contribution in [-0.4, -0.2) is 24.5 Å². The second-order valence-corrected chi connectivity index (χ2v) is 3.48. The molecule has 1 aliphatic heterocycles. The first-order valence-corrected chi connectivity index (χ1v) is 4.92. The van der Waals surface area contributed by atoms with Gasteiger partial charge in [0.2, 0.25) is 5.91 Å². The Hall–Kier alpha value is -0.830. The van der Waals surface area contributed by atoms with Gasteiger partial charge in [-0.25, -0.2) is 0 Å². The third kappa shape index (κ3) is 2.84. The highest BCUT2D eigenvalue weighted by Gasteiger charge is 2.25. The molecule has 0 spiro atoms. The number of piperazine rings is 1. The van der Waals surface area contributed by atoms with Gasteiger partial charge in [0.15, 0.2) is 0 Å². The molecule has 2 N–H and O–H groups in total. The van der Waals surface area contributed by atoms with E-state index < -0.39 is 0 Å². The summed E-state index contributed by atoms with van der Waals surface area (Å²) in [5, 5.41) is 6.22. The van der Waals surface area contributed by atoms with Gasteiger partial charge in [-0.2, -0.15) is 0 Å². The minimum absolute atomic E-state index is 0.0643. The van der Waals surface area contributed by atoms with E-state index in [0.29, 0.717) is 12.5 Å². The Bertz CT molecular complexity index is 191. The van der Waals surface area contributed by atoms with Crippen LogP contribution in [0.1, 0.15) is 26.2 Å². The molecule has 3 heteroatoms. The van der Waals surface area contributed by atoms with Gasteiger partial charge in [0.25, 0.3) is 0 Å². The van der Waals surface area contributed by atoms with Crippen molar-refractivity contribution in [2.75, 3.05) is 6.54 Å². The molecular formula is C10H18N2O. The molecule has 0 bridgehead atoms. The van der Waals surface area contributed by atoms with Crippen LogP contribution in [0.25, 0.3) is 0 Å². The summed E-state index contributed by atoms with van der Waals surface area (Å²) in [7, 11) is 0. The van der Waals surface area contributed by atoms with Crippen LogP contribution in [-0.2, 0) is 4.79 Å². The summed E-state index contributed by atoms with van der Waals surface area (Å²) in [4.78, 5) is 11.4. The van der Waals surface area contributed by atoms with Gasteiger partial charge in [-0.05, 0) is 12.8 Å². The predicted octanol–water partition coefficient (Wildman–Crippen LogP) is 0.819. The van der Waals surface area contributed by atoms with Crippen molar-refractivity contribution < 1.29 is 4.79 Å². The maximum absolute atomic E-state index is 11.4. The molecule has 0 aromatic heterocycles. The van der Waals surface area contributed by atoms with Gasteiger partial charge in [0.1, 0.15) is 0 Å². The van der Waals surface area contributed by atoms with Crippen LogP contribution in [0.15, 0.2) is 12.7 Å². The lowest BCUT2D eigenvalue weighted by atomic mass is 10.1. The molecule has 1 saturated heterocycles. The summed E-state index contributed by atoms with van der Waals surface area (Å²) < 4.78 is 0. The summed E-state index contributed by atoms with van der Waals surface area (Å²) in [5.74, 6) is 0.115. The largest absolute Gasteiger partial charge is 0.351 e. The summed E-state index contributed by atoms with van der Waals surface area (Å²) in [6.07, 6.45) is 4.65. The minimum Gasteiger partial charge on any atom is -0.351 e. The molecule has 0 unspecified atom stereocenters. The van der Waals surface area contributed by atoms with Crippen LogP contribution in [0.3, 0.4) is 0 Å². The number of amides is 1. The van der Waals surface area contributed by atoms with E-state index in [2.05, 4.69) is 24.1 Å². The Morgan fingerprint density at radius 1 is 1.69 bits per heavy atom. The highest BCUT2D eigenvalue weighted by molar-refractivity contribution is 5.83. The fourth-order valence-electron chi connectivity index (χ4n) is 1.61. The fourth-order valence-corrected chi connectivity index (χ4v) is 1.61. The summed E-state index contributed by atoms with van der Waals surface area (Å²) in [6.45, 7) is 6.64. The molecule has 1 fully saturated rings. The van der Waals surface area contributed by atoms with Crippen molar-refractivity contribution >= 4 is 5.91 Å². The van der Waals surface area contributed by atoms with Crippen LogP contribution in [0.4, 0.5) is 0 Å². The predicted molar refractivity (Wildman–Crippen MR) is 53.4 cm³/mol. The van der Waals surface area contributed by atoms with Crippen LogP contribution in [0.2, 0.25) is 0 Å². The average molecular weight is 182 g/mol. The van der Waals surface area contributed by atoms with Crippen LogP contribution >= 0.6 is 0 Å². The van der Waals surface area contributed by atoms with E-state index in [1.807, 2.05) is 0 Å². The zero-order valence-corrected chi connectivity index (χ0v) is 8.18. The molecule has 74 valence electrons. The number of carbonyl (C=O) groups excluding carboxylic acids is 1. The van der Waals surface area contributed by atoms with Gasteiger partial charge in [-0.1, -0.05) is 19.4 Å². The summed E-state index contributed by atoms with van der Waals surface area (Å²) in [5.41, 5.74) is 0. The van der Waals surface area contributed by atoms with Crippen molar-refractivity contribution in [2.45, 2.75) is 38.3 Å². The molecule has 1 amide bonds. The lowest BCUT2D eigenvalue weighted by Gasteiger charge is -2.29. The van der Waals surface area contributed by atoms with E-state index in [1.165, 1.54) is 0 Å². The molecule has 1 rings (SSSR count). The van der Waals surface area contributed by atoms with Crippen molar-refractivity contribution in [1.29, 1.82) is 0 Å². The lowest BCUT2D eigenvalue weighted by molar-refractivity contribution is -0.125. The average Bonchev–Trinajstić information content (AvgIpc) is 2.10. The first-order chi connectivity index (χ1) is 6.27. The molecule has 1 aliphatic rings. The second kappa shape index (κ2) is 5.02. The maximum atomic E-state index is 11.4. The lowest BCUT2D eigenvalue weighted by Crippen LogP contribution is -2.57. The maximum Gasteiger partial charge on any atom is 0.237 e. The van der Waals surface area contributed by atoms with Crippen molar-refractivity contribution in [2.24, 2.45) is 0 Å². The zero-order valence-electron chi connectivity index (χ0n) is 8.18. The Balaban J connectivity index is 2.37. The normalized spacial score (nSPS) is 28.2. The standard InChI is InChI=1S/C10H18N2O/c1-3-5-8-7-11-9(6-4-2)10(13)12-8/h4,8-9,11H,2-3,5-7H2,1H3,(H,12,13)/t8-,9-/m0/s1. The Kier molecular flexibility index (Phi) is 3.96. The molecule has 2 atom stereocenters. The SMILES string of the molecule is C=CC[C@@H]1NC[C@H](CCC)NC1=O. The topological polar surface area (TPSA) is 41.1 Å². The van der Waals surface area contributed by atoms with Crippen molar-refractivity contribution in [1.82, 2.24) is 10.6 Å². The number of hydrogen-bond acceptors (Lipinski definition) is 2. The third-order valence-electron chi connectivity index (χ3n) is 2.31. The molecular weight excluding hydrogens is 164 g/mol. The van der Waals surface area contributed by atoms with E-state index in [9.17, 15) is 4.79 Å². The first-order valence-electron chi connectivity index (χ1n) is 4.92. The van der Waals surface area contributed by atoms with Crippen LogP contribution in [0.5, 0.6) is 0 Å². The number of carbonyl (C=O) groups is 1. The Labute approximate surface area is 79.6 Å². The van der Waals surface area contributed by atoms with Crippen molar-refractivity contribution in [3.63, 3.8) is 0 Å². The van der Waals surface area contributed by atoms with Crippen molar-refractivity contribution in [3.05, 3.63) is 12.7 Å². The molecule has 3 nitrogen and oxygen atoms in total. The smallest absolute Gasteiger partial charge is 0.237 e. The van der Waals surface area contributed by atoms with Gasteiger partial charge >= 0.3 is 0 Å². The quantitative estimate of drug-likeness (QED) is 0.632. The van der Waals surface area contributed by atoms with Gasteiger partial charge < -0.3 is 10.6 Å². The van der Waals surface area contributed by atoms with Gasteiger partial charge in [-0.15, -0.1) is 6.58 Å². The molecule has 1 heterocycles. The van der Waals surface area contributed by atoms with Gasteiger partial charge in [-0.3, -0.25) is 4.79 Å². The van der Waals surface area contributed by atoms with Crippen LogP contribution < -0.4 is 10.6 Å². The molecule has 13 heavy (non-hydrogen) atoms.